The lowest BCUT2D eigenvalue weighted by atomic mass is 9.92. The summed E-state index contributed by atoms with van der Waals surface area (Å²) in [5, 5.41) is 24.2. The Balaban J connectivity index is 3.26. The van der Waals surface area contributed by atoms with Crippen molar-refractivity contribution in [2.24, 2.45) is 11.0 Å². The molecule has 0 unspecified atom stereocenters. The molecular weight excluding hydrogens is 1330 g/mol. The Morgan fingerprint density at radius 3 is 1.38 bits per heavy atom. The number of nitrogens with zero attached hydrogens (tertiary/aromatic N) is 3. The van der Waals surface area contributed by atoms with Crippen molar-refractivity contribution in [1.82, 2.24) is 42.5 Å². The van der Waals surface area contributed by atoms with E-state index in [0.29, 0.717) is 36.8 Å². The maximum absolute atomic E-state index is 14.4. The number of benzene rings is 1. The van der Waals surface area contributed by atoms with Gasteiger partial charge in [0.2, 0.25) is 17.7 Å². The number of alkyl carbamates (subject to hydrolysis) is 1. The number of urea groups is 2. The van der Waals surface area contributed by atoms with E-state index in [2.05, 4.69) is 52.6 Å². The van der Waals surface area contributed by atoms with Crippen molar-refractivity contribution in [3.05, 3.63) is 45.8 Å². The second kappa shape index (κ2) is 43.0. The highest BCUT2D eigenvalue weighted by Crippen LogP contribution is 2.22. The molecule has 32 nitrogen and oxygen atoms in total. The minimum absolute atomic E-state index is 0.0463. The van der Waals surface area contributed by atoms with Crippen molar-refractivity contribution in [3.63, 3.8) is 0 Å². The molecule has 1 aromatic rings. The number of azide groups is 1. The minimum Gasteiger partial charge on any atom is -0.467 e. The number of hydrogen-bond donors (Lipinski definition) is 8. The number of nitrogens with one attached hydrogen (secondary N) is 8. The predicted molar refractivity (Wildman–Crippen MR) is 373 cm³/mol. The topological polar surface area (TPSA) is 449 Å². The molecule has 32 heteroatoms. The van der Waals surface area contributed by atoms with Crippen LogP contribution in [-0.2, 0) is 98.9 Å². The van der Waals surface area contributed by atoms with Crippen LogP contribution < -0.4 is 42.5 Å². The highest BCUT2D eigenvalue weighted by Gasteiger charge is 2.37. The molecule has 8 N–H and O–H groups in total. The van der Waals surface area contributed by atoms with Gasteiger partial charge in [0, 0.05) is 56.8 Å². The summed E-state index contributed by atoms with van der Waals surface area (Å²) in [7, 11) is 1.03. The van der Waals surface area contributed by atoms with E-state index in [9.17, 15) is 67.1 Å². The highest BCUT2D eigenvalue weighted by molar-refractivity contribution is 5.97. The monoisotopic (exact) mass is 1440 g/mol. The number of amides is 8. The first-order valence-electron chi connectivity index (χ1n) is 34.2. The van der Waals surface area contributed by atoms with E-state index in [1.54, 1.807) is 149 Å². The fourth-order valence-electron chi connectivity index (χ4n) is 9.30. The molecule has 0 bridgehead atoms. The van der Waals surface area contributed by atoms with Crippen molar-refractivity contribution in [2.45, 2.75) is 291 Å². The Labute approximate surface area is 598 Å². The molecule has 0 heterocycles. The van der Waals surface area contributed by atoms with Crippen LogP contribution in [0.25, 0.3) is 10.4 Å². The summed E-state index contributed by atoms with van der Waals surface area (Å²) >= 11 is 0. The van der Waals surface area contributed by atoms with Crippen molar-refractivity contribution < 1.29 is 100 Å². The Morgan fingerprint density at radius 1 is 0.422 bits per heavy atom. The SMILES string of the molecule is COC(=O)[C@H](CCC(=O)[C@H](CCCCNC(=O)OC(C)(C)C)NC(=O)CCN=[N+]=[N-])NC(=O)[C@H](CC(=O)OC(C)(C)C)CC(=O)[C@H](CC(=O)OC(C)(C)C)NC(=O)Cc1ccc(CNC(=O)NCCCC[C@H](NC(=O)N[C@@H](CCC(=O)OC(C)(C)C)C(=O)OC(C)(C)C)C(=O)OC(C)(C)C)cc1. The highest BCUT2D eigenvalue weighted by atomic mass is 16.6. The van der Waals surface area contributed by atoms with Gasteiger partial charge in [-0.05, 0) is 193 Å². The van der Waals surface area contributed by atoms with Gasteiger partial charge in [0.1, 0.15) is 51.7 Å². The molecule has 8 amide bonds. The molecule has 0 aliphatic heterocycles. The third-order valence-electron chi connectivity index (χ3n) is 13.6. The lowest BCUT2D eigenvalue weighted by molar-refractivity contribution is -0.159. The molecule has 0 saturated heterocycles. The molecule has 0 spiro atoms. The fourth-order valence-corrected chi connectivity index (χ4v) is 9.30. The summed E-state index contributed by atoms with van der Waals surface area (Å²) in [6, 6.07) is -1.68. The molecule has 0 aliphatic rings. The molecule has 574 valence electrons. The minimum atomic E-state index is -1.62. The molecule has 0 saturated carbocycles. The molecular formula is C70H113N11O21. The summed E-state index contributed by atoms with van der Waals surface area (Å²) in [6.07, 6.45) is -3.08. The lowest BCUT2D eigenvalue weighted by Crippen LogP contribution is -2.53. The molecule has 6 atom stereocenters. The van der Waals surface area contributed by atoms with Gasteiger partial charge in [-0.25, -0.2) is 28.8 Å². The van der Waals surface area contributed by atoms with Crippen LogP contribution in [0.5, 0.6) is 0 Å². The van der Waals surface area contributed by atoms with Gasteiger partial charge in [-0.15, -0.1) is 0 Å². The Bertz CT molecular complexity index is 3050. The van der Waals surface area contributed by atoms with E-state index in [-0.39, 0.29) is 71.1 Å². The van der Waals surface area contributed by atoms with Gasteiger partial charge in [-0.3, -0.25) is 38.4 Å². The third kappa shape index (κ3) is 44.2. The van der Waals surface area contributed by atoms with Gasteiger partial charge in [0.15, 0.2) is 11.6 Å². The summed E-state index contributed by atoms with van der Waals surface area (Å²) in [4.78, 5) is 189. The normalized spacial score (nSPS) is 13.5. The molecule has 102 heavy (non-hydrogen) atoms. The number of Topliss-reactive ketones (excluding diaryl/α,β-unsaturated/α-hetero) is 2. The summed E-state index contributed by atoms with van der Waals surface area (Å²) in [6.45, 7) is 29.8. The number of ketones is 2. The maximum atomic E-state index is 14.4. The first kappa shape index (κ1) is 90.9. The number of rotatable bonds is 40. The smallest absolute Gasteiger partial charge is 0.407 e. The van der Waals surface area contributed by atoms with Gasteiger partial charge < -0.3 is 75.7 Å². The number of methoxy groups -OCH3 is 1. The molecule has 0 aliphatic carbocycles. The third-order valence-corrected chi connectivity index (χ3v) is 13.6. The molecule has 1 rings (SSSR count). The lowest BCUT2D eigenvalue weighted by Gasteiger charge is -2.27. The van der Waals surface area contributed by atoms with E-state index in [1.807, 2.05) is 0 Å². The van der Waals surface area contributed by atoms with E-state index in [0.717, 1.165) is 7.11 Å². The van der Waals surface area contributed by atoms with Crippen LogP contribution in [0.1, 0.15) is 226 Å². The van der Waals surface area contributed by atoms with Crippen LogP contribution in [0, 0.1) is 5.92 Å². The number of carbonyl (C=O) groups excluding carboxylic acids is 14. The van der Waals surface area contributed by atoms with Crippen molar-refractivity contribution >= 4 is 83.3 Å². The van der Waals surface area contributed by atoms with Gasteiger partial charge in [-0.2, -0.15) is 0 Å². The van der Waals surface area contributed by atoms with Crippen molar-refractivity contribution in [1.29, 1.82) is 0 Å². The zero-order chi connectivity index (χ0) is 78.0. The zero-order valence-corrected chi connectivity index (χ0v) is 63.1. The summed E-state index contributed by atoms with van der Waals surface area (Å²) < 4.78 is 37.6. The fraction of sp³-hybridized carbons (Fsp3) is 0.714. The van der Waals surface area contributed by atoms with Gasteiger partial charge in [-0.1, -0.05) is 29.4 Å². The van der Waals surface area contributed by atoms with Crippen molar-refractivity contribution in [3.8, 4) is 0 Å². The van der Waals surface area contributed by atoms with Gasteiger partial charge in [0.25, 0.3) is 0 Å². The Kier molecular flexibility index (Phi) is 38.3. The van der Waals surface area contributed by atoms with E-state index >= 15 is 0 Å². The first-order valence-corrected chi connectivity index (χ1v) is 34.2. The second-order valence-corrected chi connectivity index (χ2v) is 30.4. The Hall–Kier alpha value is -9.09. The quantitative estimate of drug-likeness (QED) is 0.00789. The number of esters is 6. The predicted octanol–water partition coefficient (Wildman–Crippen LogP) is 7.45. The van der Waals surface area contributed by atoms with Crippen LogP contribution in [0.15, 0.2) is 29.4 Å². The van der Waals surface area contributed by atoms with Crippen LogP contribution in [0.3, 0.4) is 0 Å². The molecule has 0 fully saturated rings. The van der Waals surface area contributed by atoms with E-state index < -0.39 is 179 Å². The average Bonchev–Trinajstić information content (AvgIpc) is 0.859. The number of unbranched alkanes of at least 4 members (excludes halogenated alkanes) is 2. The second-order valence-electron chi connectivity index (χ2n) is 30.4. The number of carbonyl (C=O) groups is 14. The largest absolute Gasteiger partial charge is 0.467 e. The average molecular weight is 1440 g/mol. The van der Waals surface area contributed by atoms with Crippen LogP contribution in [0.2, 0.25) is 0 Å². The van der Waals surface area contributed by atoms with Crippen LogP contribution in [-0.4, -0.2) is 174 Å². The summed E-state index contributed by atoms with van der Waals surface area (Å²) in [5.74, 6) is -10.4. The summed E-state index contributed by atoms with van der Waals surface area (Å²) in [5.41, 5.74) is 4.32. The van der Waals surface area contributed by atoms with Gasteiger partial charge >= 0.3 is 54.0 Å². The van der Waals surface area contributed by atoms with E-state index in [4.69, 9.17) is 38.7 Å². The zero-order valence-electron chi connectivity index (χ0n) is 63.1. The maximum Gasteiger partial charge on any atom is 0.407 e. The molecule has 0 aromatic heterocycles. The molecule has 1 aromatic carbocycles. The standard InChI is InChI=1S/C70H113N11O21/c1-65(2,3)97-55(86)33-31-49(61(92)101-69(13,14)15)80-63(94)79-47(60(91)100-68(10,11)12)25-21-22-35-72-62(93)74-42-44-28-26-43(27-29-44)38-54(85)77-50(41-57(88)99-67(7,8)9)52(83)39-45(40-56(87)98-66(4,5)6)58(89)78-48(59(90)96-19)30-32-51(82)46(76-53(84)34-37-75-81-71)24-20-23-36-73-64(95)102-70(16,17)18/h26-29,45-50H,20-25,30-42H2,1-19H3,(H,73,95)(H,76,84)(H,77,85)(H,78,89)(H2,72,74,93)(H2,79,80,94)/t45-,46-,47-,48-,49-,50-/m0/s1. The van der Waals surface area contributed by atoms with E-state index in [1.165, 1.54) is 0 Å². The number of hydrogen-bond acceptors (Lipinski definition) is 22. The van der Waals surface area contributed by atoms with Gasteiger partial charge in [0.05, 0.1) is 44.4 Å². The van der Waals surface area contributed by atoms with Crippen LogP contribution in [0.4, 0.5) is 14.4 Å². The van der Waals surface area contributed by atoms with Crippen molar-refractivity contribution in [2.75, 3.05) is 26.7 Å². The molecule has 0 radical (unpaired) electrons. The first-order chi connectivity index (χ1) is 46.9. The number of ether oxygens (including phenoxy) is 7. The Morgan fingerprint density at radius 2 is 0.873 bits per heavy atom. The van der Waals surface area contributed by atoms with Crippen LogP contribution >= 0.6 is 0 Å².